The Morgan fingerprint density at radius 3 is 2.38 bits per heavy atom. The van der Waals surface area contributed by atoms with Crippen LogP contribution in [0.1, 0.15) is 65.5 Å². The molecule has 1 atom stereocenters. The van der Waals surface area contributed by atoms with Gasteiger partial charge in [-0.15, -0.1) is 0 Å². The third kappa shape index (κ3) is 7.98. The van der Waals surface area contributed by atoms with Crippen molar-refractivity contribution in [2.24, 2.45) is 0 Å². The molecule has 0 bridgehead atoms. The molecule has 3 aliphatic rings. The number of nitrogens with two attached hydrogens (primary N) is 1. The number of amides is 1. The molecule has 3 aliphatic heterocycles. The summed E-state index contributed by atoms with van der Waals surface area (Å²) in [5, 5.41) is 0.122. The van der Waals surface area contributed by atoms with Crippen molar-refractivity contribution in [2.45, 2.75) is 89.9 Å². The molecule has 0 radical (unpaired) electrons. The molecule has 0 aromatic carbocycles. The number of ether oxygens (including phenoxy) is 3. The number of morpholine rings is 1. The Bertz CT molecular complexity index is 1470. The summed E-state index contributed by atoms with van der Waals surface area (Å²) in [5.41, 5.74) is 1.79. The summed E-state index contributed by atoms with van der Waals surface area (Å²) >= 11 is 6.86. The van der Waals surface area contributed by atoms with Crippen LogP contribution in [-0.2, 0) is 31.4 Å². The first kappa shape index (κ1) is 35.2. The average molecular weight is 685 g/mol. The molecular formula is C30H41BClF3N6O6. The number of nitrogens with zero attached hydrogens (tertiary/aromatic N) is 5. The van der Waals surface area contributed by atoms with Gasteiger partial charge in [-0.1, -0.05) is 11.6 Å². The monoisotopic (exact) mass is 684 g/mol. The van der Waals surface area contributed by atoms with Crippen LogP contribution in [0.4, 0.5) is 29.7 Å². The van der Waals surface area contributed by atoms with Crippen molar-refractivity contribution in [3.05, 3.63) is 28.5 Å². The Hall–Kier alpha value is -3.08. The maximum Gasteiger partial charge on any atom is 0.497 e. The van der Waals surface area contributed by atoms with Gasteiger partial charge in [0.2, 0.25) is 11.8 Å². The molecule has 47 heavy (non-hydrogen) atoms. The van der Waals surface area contributed by atoms with E-state index in [0.29, 0.717) is 63.7 Å². The van der Waals surface area contributed by atoms with Crippen molar-refractivity contribution in [1.82, 2.24) is 19.9 Å². The lowest BCUT2D eigenvalue weighted by Crippen LogP contribution is -2.47. The molecule has 2 aromatic heterocycles. The van der Waals surface area contributed by atoms with E-state index in [0.717, 1.165) is 12.3 Å². The molecule has 0 saturated carbocycles. The minimum Gasteiger partial charge on any atom is -0.474 e. The topological polar surface area (TPSA) is 134 Å². The standard InChI is InChI=1S/C30H41BClF3N6O6/c1-27(2,3)45-26(42)41-9-7-18(8-10-41)44-24-19(23(32)38-25(39-24)40-11-13-43-14-12-40)16-29(6)28(4,5)46-31(47-29)21-17-37-22(36)15-20(21)30(33,34)35/h15,17-18H,7-14,16H2,1-6H3,(H2,36,37). The number of rotatable bonds is 6. The van der Waals surface area contributed by atoms with E-state index in [4.69, 9.17) is 45.8 Å². The Balaban J connectivity index is 1.42. The number of hydrogen-bond donors (Lipinski definition) is 1. The summed E-state index contributed by atoms with van der Waals surface area (Å²) in [4.78, 5) is 29.4. The second kappa shape index (κ2) is 13.1. The van der Waals surface area contributed by atoms with Crippen molar-refractivity contribution in [2.75, 3.05) is 50.0 Å². The highest BCUT2D eigenvalue weighted by atomic mass is 35.5. The highest BCUT2D eigenvalue weighted by Crippen LogP contribution is 2.43. The van der Waals surface area contributed by atoms with E-state index < -0.39 is 35.7 Å². The molecule has 12 nitrogen and oxygen atoms in total. The van der Waals surface area contributed by atoms with Crippen molar-refractivity contribution in [3.63, 3.8) is 0 Å². The van der Waals surface area contributed by atoms with Gasteiger partial charge >= 0.3 is 19.4 Å². The summed E-state index contributed by atoms with van der Waals surface area (Å²) < 4.78 is 71.9. The van der Waals surface area contributed by atoms with Crippen LogP contribution < -0.4 is 20.8 Å². The van der Waals surface area contributed by atoms with Gasteiger partial charge in [-0.2, -0.15) is 18.2 Å². The molecule has 5 heterocycles. The Morgan fingerprint density at radius 1 is 1.11 bits per heavy atom. The fraction of sp³-hybridized carbons (Fsp3) is 0.667. The van der Waals surface area contributed by atoms with Gasteiger partial charge in [0.1, 0.15) is 22.7 Å². The quantitative estimate of drug-likeness (QED) is 0.346. The lowest BCUT2D eigenvalue weighted by Gasteiger charge is -2.37. The number of alkyl halides is 3. The minimum absolute atomic E-state index is 0.0502. The Kier molecular flexibility index (Phi) is 9.81. The SMILES string of the molecule is CC(C)(C)OC(=O)N1CCC(Oc2nc(N3CCOCC3)nc(Cl)c2CC2(C)OB(c3cnc(N)cc3C(F)(F)F)OC2(C)C)CC1. The molecule has 5 rings (SSSR count). The van der Waals surface area contributed by atoms with Crippen LogP contribution in [0, 0.1) is 0 Å². The number of likely N-dealkylation sites (tertiary alicyclic amines) is 1. The normalized spacial score (nSPS) is 22.5. The van der Waals surface area contributed by atoms with Crippen molar-refractivity contribution in [3.8, 4) is 5.88 Å². The first-order valence-corrected chi connectivity index (χ1v) is 15.9. The molecule has 17 heteroatoms. The third-order valence-corrected chi connectivity index (χ3v) is 8.96. The van der Waals surface area contributed by atoms with Gasteiger partial charge in [0.25, 0.3) is 0 Å². The second-order valence-electron chi connectivity index (χ2n) is 13.7. The number of halogens is 4. The van der Waals surface area contributed by atoms with Gasteiger partial charge in [-0.25, -0.2) is 14.8 Å². The summed E-state index contributed by atoms with van der Waals surface area (Å²) in [6.07, 6.45) is -3.30. The van der Waals surface area contributed by atoms with E-state index >= 15 is 0 Å². The van der Waals surface area contributed by atoms with Crippen LogP contribution in [0.2, 0.25) is 5.15 Å². The second-order valence-corrected chi connectivity index (χ2v) is 14.0. The summed E-state index contributed by atoms with van der Waals surface area (Å²) in [5.74, 6) is 0.331. The van der Waals surface area contributed by atoms with Gasteiger partial charge in [-0.3, -0.25) is 0 Å². The highest BCUT2D eigenvalue weighted by molar-refractivity contribution is 6.62. The van der Waals surface area contributed by atoms with Crippen LogP contribution in [-0.4, -0.2) is 95.4 Å². The van der Waals surface area contributed by atoms with Gasteiger partial charge in [0.05, 0.1) is 35.5 Å². The van der Waals surface area contributed by atoms with Crippen LogP contribution in [0.3, 0.4) is 0 Å². The zero-order chi connectivity index (χ0) is 34.4. The van der Waals surface area contributed by atoms with Crippen molar-refractivity contribution < 1.29 is 41.5 Å². The number of pyridine rings is 1. The minimum atomic E-state index is -4.71. The van der Waals surface area contributed by atoms with Crippen LogP contribution in [0.25, 0.3) is 0 Å². The summed E-state index contributed by atoms with van der Waals surface area (Å²) in [6, 6.07) is 0.764. The average Bonchev–Trinajstić information content (AvgIpc) is 3.22. The predicted molar refractivity (Wildman–Crippen MR) is 169 cm³/mol. The number of carbonyl (C=O) groups is 1. The van der Waals surface area contributed by atoms with E-state index in [1.165, 1.54) is 0 Å². The third-order valence-electron chi connectivity index (χ3n) is 8.64. The van der Waals surface area contributed by atoms with E-state index in [1.54, 1.807) is 25.7 Å². The molecule has 1 unspecified atom stereocenters. The number of nitrogen functional groups attached to an aromatic ring is 1. The Morgan fingerprint density at radius 2 is 1.77 bits per heavy atom. The first-order valence-electron chi connectivity index (χ1n) is 15.6. The van der Waals surface area contributed by atoms with Crippen LogP contribution in [0.5, 0.6) is 5.88 Å². The largest absolute Gasteiger partial charge is 0.497 e. The number of carbonyl (C=O) groups excluding carboxylic acids is 1. The number of aromatic nitrogens is 3. The van der Waals surface area contributed by atoms with Gasteiger partial charge in [0, 0.05) is 57.1 Å². The Labute approximate surface area is 277 Å². The molecule has 3 saturated heterocycles. The van der Waals surface area contributed by atoms with Crippen molar-refractivity contribution in [1.29, 1.82) is 0 Å². The molecule has 2 N–H and O–H groups in total. The van der Waals surface area contributed by atoms with E-state index in [-0.39, 0.29) is 40.9 Å². The predicted octanol–water partition coefficient (Wildman–Crippen LogP) is 4.26. The van der Waals surface area contributed by atoms with E-state index in [1.807, 2.05) is 25.7 Å². The zero-order valence-electron chi connectivity index (χ0n) is 27.4. The summed E-state index contributed by atoms with van der Waals surface area (Å²) in [7, 11) is -1.39. The lowest BCUT2D eigenvalue weighted by atomic mass is 9.77. The van der Waals surface area contributed by atoms with E-state index in [2.05, 4.69) is 9.97 Å². The molecule has 2 aromatic rings. The maximum atomic E-state index is 14.0. The number of hydrogen-bond acceptors (Lipinski definition) is 11. The zero-order valence-corrected chi connectivity index (χ0v) is 28.2. The van der Waals surface area contributed by atoms with Gasteiger partial charge in [0.15, 0.2) is 0 Å². The van der Waals surface area contributed by atoms with Gasteiger partial charge < -0.3 is 39.1 Å². The molecule has 3 fully saturated rings. The van der Waals surface area contributed by atoms with Crippen molar-refractivity contribution >= 4 is 42.0 Å². The fourth-order valence-electron chi connectivity index (χ4n) is 5.65. The highest BCUT2D eigenvalue weighted by Gasteiger charge is 2.57. The lowest BCUT2D eigenvalue weighted by molar-refractivity contribution is -0.136. The molecule has 258 valence electrons. The first-order chi connectivity index (χ1) is 21.8. The molecule has 0 aliphatic carbocycles. The van der Waals surface area contributed by atoms with E-state index in [9.17, 15) is 18.0 Å². The molecular weight excluding hydrogens is 644 g/mol. The fourth-order valence-corrected chi connectivity index (χ4v) is 5.87. The molecule has 0 spiro atoms. The smallest absolute Gasteiger partial charge is 0.474 e. The summed E-state index contributed by atoms with van der Waals surface area (Å²) in [6.45, 7) is 13.6. The van der Waals surface area contributed by atoms with Crippen LogP contribution >= 0.6 is 11.6 Å². The van der Waals surface area contributed by atoms with Gasteiger partial charge in [-0.05, 0) is 47.6 Å². The van der Waals surface area contributed by atoms with Crippen LogP contribution in [0.15, 0.2) is 12.3 Å². The maximum absolute atomic E-state index is 14.0. The molecule has 1 amide bonds. The number of piperidine rings is 1. The number of anilines is 2.